The van der Waals surface area contributed by atoms with Gasteiger partial charge in [-0.05, 0) is 30.1 Å². The minimum Gasteiger partial charge on any atom is -0.396 e. The Balaban J connectivity index is 2.69. The monoisotopic (exact) mass is 194 g/mol. The minimum absolute atomic E-state index is 0.328. The molecule has 0 unspecified atom stereocenters. The van der Waals surface area contributed by atoms with Crippen LogP contribution in [-0.2, 0) is 0 Å². The fraction of sp³-hybridized carbons (Fsp3) is 1.00. The third-order valence-corrected chi connectivity index (χ3v) is 3.30. The van der Waals surface area contributed by atoms with E-state index in [1.807, 2.05) is 23.5 Å². The van der Waals surface area contributed by atoms with E-state index in [-0.39, 0.29) is 0 Å². The molecule has 0 atom stereocenters. The Morgan fingerprint density at radius 3 is 2.18 bits per heavy atom. The van der Waals surface area contributed by atoms with Gasteiger partial charge in [-0.2, -0.15) is 23.5 Å². The number of rotatable bonds is 8. The van der Waals surface area contributed by atoms with Crippen LogP contribution in [0.4, 0.5) is 0 Å². The third-order valence-electron chi connectivity index (χ3n) is 1.27. The van der Waals surface area contributed by atoms with Crippen LogP contribution in [0.25, 0.3) is 0 Å². The molecule has 3 heteroatoms. The van der Waals surface area contributed by atoms with Crippen molar-refractivity contribution in [2.45, 2.75) is 19.8 Å². The smallest absolute Gasteiger partial charge is 0.0521 e. The van der Waals surface area contributed by atoms with Crippen molar-refractivity contribution in [3.8, 4) is 0 Å². The minimum atomic E-state index is 0.328. The van der Waals surface area contributed by atoms with Crippen LogP contribution in [0.1, 0.15) is 19.8 Å². The maximum atomic E-state index is 8.48. The topological polar surface area (TPSA) is 20.2 Å². The summed E-state index contributed by atoms with van der Waals surface area (Å²) < 4.78 is 0. The predicted octanol–water partition coefficient (Wildman–Crippen LogP) is 2.25. The maximum absolute atomic E-state index is 8.48. The molecule has 68 valence electrons. The third kappa shape index (κ3) is 10.7. The molecule has 0 spiro atoms. The molecule has 1 nitrogen and oxygen atoms in total. The van der Waals surface area contributed by atoms with Gasteiger partial charge >= 0.3 is 0 Å². The zero-order chi connectivity index (χ0) is 8.36. The van der Waals surface area contributed by atoms with Crippen molar-refractivity contribution < 1.29 is 5.11 Å². The summed E-state index contributed by atoms with van der Waals surface area (Å²) in [6.07, 6.45) is 2.63. The summed E-state index contributed by atoms with van der Waals surface area (Å²) in [5.74, 6) is 4.66. The van der Waals surface area contributed by atoms with Crippen molar-refractivity contribution in [1.29, 1.82) is 0 Å². The average molecular weight is 194 g/mol. The quantitative estimate of drug-likeness (QED) is 0.599. The van der Waals surface area contributed by atoms with Crippen LogP contribution >= 0.6 is 23.5 Å². The number of aliphatic hydroxyl groups is 1. The summed E-state index contributed by atoms with van der Waals surface area (Å²) in [7, 11) is 0. The SMILES string of the molecule is CCSCCCCSCCO. The summed E-state index contributed by atoms with van der Waals surface area (Å²) in [5, 5.41) is 8.48. The van der Waals surface area contributed by atoms with Gasteiger partial charge in [0.25, 0.3) is 0 Å². The van der Waals surface area contributed by atoms with Gasteiger partial charge in [-0.15, -0.1) is 0 Å². The maximum Gasteiger partial charge on any atom is 0.0521 e. The largest absolute Gasteiger partial charge is 0.396 e. The van der Waals surface area contributed by atoms with Gasteiger partial charge in [0.2, 0.25) is 0 Å². The van der Waals surface area contributed by atoms with Gasteiger partial charge < -0.3 is 5.11 Å². The Hall–Kier alpha value is 0.660. The highest BCUT2D eigenvalue weighted by Crippen LogP contribution is 2.07. The van der Waals surface area contributed by atoms with Crippen LogP contribution in [0, 0.1) is 0 Å². The lowest BCUT2D eigenvalue weighted by molar-refractivity contribution is 0.322. The van der Waals surface area contributed by atoms with E-state index in [1.165, 1.54) is 30.1 Å². The number of aliphatic hydroxyl groups excluding tert-OH is 1. The molecule has 0 aliphatic carbocycles. The van der Waals surface area contributed by atoms with Gasteiger partial charge in [-0.1, -0.05) is 6.92 Å². The van der Waals surface area contributed by atoms with Gasteiger partial charge in [0.15, 0.2) is 0 Å². The average Bonchev–Trinajstić information content (AvgIpc) is 2.03. The Labute approximate surface area is 78.3 Å². The number of hydrogen-bond donors (Lipinski definition) is 1. The fourth-order valence-electron chi connectivity index (χ4n) is 0.719. The van der Waals surface area contributed by atoms with Crippen LogP contribution in [0.15, 0.2) is 0 Å². The first-order valence-electron chi connectivity index (χ1n) is 4.18. The molecule has 0 amide bonds. The van der Waals surface area contributed by atoms with Crippen molar-refractivity contribution >= 4 is 23.5 Å². The molecule has 1 N–H and O–H groups in total. The van der Waals surface area contributed by atoms with Crippen molar-refractivity contribution in [1.82, 2.24) is 0 Å². The Kier molecular flexibility index (Phi) is 11.3. The van der Waals surface area contributed by atoms with Crippen molar-refractivity contribution in [2.75, 3.05) is 29.6 Å². The lowest BCUT2D eigenvalue weighted by Crippen LogP contribution is -1.89. The zero-order valence-electron chi connectivity index (χ0n) is 7.21. The second-order valence-corrected chi connectivity index (χ2v) is 4.86. The fourth-order valence-corrected chi connectivity index (χ4v) is 2.16. The molecule has 0 bridgehead atoms. The summed E-state index contributed by atoms with van der Waals surface area (Å²) >= 11 is 3.87. The first-order chi connectivity index (χ1) is 5.41. The van der Waals surface area contributed by atoms with Gasteiger partial charge in [0, 0.05) is 5.75 Å². The molecule has 0 fully saturated rings. The molecular formula is C8H18OS2. The Bertz CT molecular complexity index is 61.1. The summed E-state index contributed by atoms with van der Waals surface area (Å²) in [6.45, 7) is 2.53. The molecule has 0 saturated heterocycles. The lowest BCUT2D eigenvalue weighted by Gasteiger charge is -1.98. The highest BCUT2D eigenvalue weighted by atomic mass is 32.2. The van der Waals surface area contributed by atoms with Crippen molar-refractivity contribution in [3.63, 3.8) is 0 Å². The highest BCUT2D eigenvalue weighted by Gasteiger charge is 1.89. The van der Waals surface area contributed by atoms with E-state index in [9.17, 15) is 0 Å². The molecule has 0 heterocycles. The molecular weight excluding hydrogens is 176 g/mol. The molecule has 0 radical (unpaired) electrons. The normalized spacial score (nSPS) is 10.4. The van der Waals surface area contributed by atoms with E-state index in [4.69, 9.17) is 5.11 Å². The summed E-state index contributed by atoms with van der Waals surface area (Å²) in [4.78, 5) is 0. The van der Waals surface area contributed by atoms with E-state index < -0.39 is 0 Å². The molecule has 0 rings (SSSR count). The van der Waals surface area contributed by atoms with Gasteiger partial charge in [-0.25, -0.2) is 0 Å². The molecule has 0 aromatic carbocycles. The predicted molar refractivity (Wildman–Crippen MR) is 56.6 cm³/mol. The highest BCUT2D eigenvalue weighted by molar-refractivity contribution is 7.99. The van der Waals surface area contributed by atoms with Gasteiger partial charge in [-0.3, -0.25) is 0 Å². The first-order valence-corrected chi connectivity index (χ1v) is 6.49. The second-order valence-electron chi connectivity index (χ2n) is 2.24. The molecule has 0 saturated carbocycles. The molecule has 0 aliphatic rings. The molecule has 11 heavy (non-hydrogen) atoms. The molecule has 0 aromatic rings. The lowest BCUT2D eigenvalue weighted by atomic mass is 10.4. The van der Waals surface area contributed by atoms with Crippen LogP contribution < -0.4 is 0 Å². The number of hydrogen-bond acceptors (Lipinski definition) is 3. The van der Waals surface area contributed by atoms with Crippen LogP contribution in [0.2, 0.25) is 0 Å². The number of unbranched alkanes of at least 4 members (excludes halogenated alkanes) is 1. The van der Waals surface area contributed by atoms with Crippen LogP contribution in [-0.4, -0.2) is 34.7 Å². The number of thioether (sulfide) groups is 2. The van der Waals surface area contributed by atoms with Crippen molar-refractivity contribution in [3.05, 3.63) is 0 Å². The van der Waals surface area contributed by atoms with Crippen LogP contribution in [0.5, 0.6) is 0 Å². The second kappa shape index (κ2) is 10.7. The van der Waals surface area contributed by atoms with Gasteiger partial charge in [0.1, 0.15) is 0 Å². The Morgan fingerprint density at radius 1 is 1.00 bits per heavy atom. The first kappa shape index (κ1) is 11.7. The summed E-state index contributed by atoms with van der Waals surface area (Å²) in [6, 6.07) is 0. The molecule has 0 aromatic heterocycles. The standard InChI is InChI=1S/C8H18OS2/c1-2-10-6-3-4-7-11-8-5-9/h9H,2-8H2,1H3. The van der Waals surface area contributed by atoms with E-state index in [1.54, 1.807) is 0 Å². The van der Waals surface area contributed by atoms with E-state index >= 15 is 0 Å². The zero-order valence-corrected chi connectivity index (χ0v) is 8.85. The summed E-state index contributed by atoms with van der Waals surface area (Å²) in [5.41, 5.74) is 0. The Morgan fingerprint density at radius 2 is 1.64 bits per heavy atom. The van der Waals surface area contributed by atoms with E-state index in [0.29, 0.717) is 6.61 Å². The van der Waals surface area contributed by atoms with E-state index in [2.05, 4.69) is 6.92 Å². The van der Waals surface area contributed by atoms with Gasteiger partial charge in [0.05, 0.1) is 6.61 Å². The van der Waals surface area contributed by atoms with Crippen molar-refractivity contribution in [2.24, 2.45) is 0 Å². The van der Waals surface area contributed by atoms with E-state index in [0.717, 1.165) is 5.75 Å². The van der Waals surface area contributed by atoms with Crippen LogP contribution in [0.3, 0.4) is 0 Å². The molecule has 0 aliphatic heterocycles.